The van der Waals surface area contributed by atoms with Crippen molar-refractivity contribution in [1.29, 1.82) is 0 Å². The van der Waals surface area contributed by atoms with Crippen LogP contribution in [-0.2, 0) is 6.54 Å². The molecule has 0 amide bonds. The first-order valence-corrected chi connectivity index (χ1v) is 7.07. The molecular weight excluding hydrogens is 210 g/mol. The van der Waals surface area contributed by atoms with Crippen molar-refractivity contribution in [3.8, 4) is 0 Å². The molecule has 3 rings (SSSR count). The van der Waals surface area contributed by atoms with E-state index in [9.17, 15) is 0 Å². The van der Waals surface area contributed by atoms with E-state index in [-0.39, 0.29) is 6.04 Å². The van der Waals surface area contributed by atoms with E-state index in [1.165, 1.54) is 31.4 Å². The molecule has 4 unspecified atom stereocenters. The first-order valence-electron chi connectivity index (χ1n) is 7.07. The fourth-order valence-corrected chi connectivity index (χ4v) is 3.98. The molecule has 4 atom stereocenters. The van der Waals surface area contributed by atoms with Crippen LogP contribution in [0.3, 0.4) is 0 Å². The topological polar surface area (TPSA) is 43.8 Å². The Morgan fingerprint density at radius 3 is 3.00 bits per heavy atom. The molecule has 0 saturated heterocycles. The Morgan fingerprint density at radius 2 is 2.35 bits per heavy atom. The number of nitrogens with zero attached hydrogens (tertiary/aromatic N) is 2. The van der Waals surface area contributed by atoms with E-state index in [2.05, 4.69) is 22.8 Å². The van der Waals surface area contributed by atoms with Crippen LogP contribution in [0.2, 0.25) is 0 Å². The molecule has 17 heavy (non-hydrogen) atoms. The Hall–Kier alpha value is -0.830. The fraction of sp³-hybridized carbons (Fsp3) is 0.786. The summed E-state index contributed by atoms with van der Waals surface area (Å²) in [5, 5.41) is 4.40. The summed E-state index contributed by atoms with van der Waals surface area (Å²) in [7, 11) is 0. The summed E-state index contributed by atoms with van der Waals surface area (Å²) in [6, 6.07) is 2.33. The third-order valence-corrected chi connectivity index (χ3v) is 4.78. The maximum atomic E-state index is 6.50. The van der Waals surface area contributed by atoms with Gasteiger partial charge in [0, 0.05) is 18.8 Å². The van der Waals surface area contributed by atoms with Gasteiger partial charge in [-0.05, 0) is 49.5 Å². The van der Waals surface area contributed by atoms with Crippen molar-refractivity contribution in [3.63, 3.8) is 0 Å². The Kier molecular flexibility index (Phi) is 2.95. The molecule has 3 nitrogen and oxygen atoms in total. The van der Waals surface area contributed by atoms with Gasteiger partial charge in [0.15, 0.2) is 0 Å². The Bertz CT molecular complexity index is 385. The molecule has 2 saturated carbocycles. The summed E-state index contributed by atoms with van der Waals surface area (Å²) in [6.45, 7) is 3.19. The van der Waals surface area contributed by atoms with E-state index in [0.29, 0.717) is 5.92 Å². The SMILES string of the molecule is CCCn1nccc1C(N)C1CC2CCC1C2. The second-order valence-electron chi connectivity index (χ2n) is 5.84. The van der Waals surface area contributed by atoms with Crippen LogP contribution in [0.4, 0.5) is 0 Å². The van der Waals surface area contributed by atoms with Crippen molar-refractivity contribution in [2.24, 2.45) is 23.5 Å². The predicted molar refractivity (Wildman–Crippen MR) is 68.4 cm³/mol. The largest absolute Gasteiger partial charge is 0.322 e. The average Bonchev–Trinajstić information content (AvgIpc) is 3.03. The number of aryl methyl sites for hydroxylation is 1. The molecule has 0 aliphatic heterocycles. The Balaban J connectivity index is 1.77. The lowest BCUT2D eigenvalue weighted by Gasteiger charge is -2.28. The minimum absolute atomic E-state index is 0.208. The second-order valence-corrected chi connectivity index (χ2v) is 5.84. The van der Waals surface area contributed by atoms with Gasteiger partial charge in [-0.2, -0.15) is 5.10 Å². The second kappa shape index (κ2) is 4.45. The van der Waals surface area contributed by atoms with Crippen molar-refractivity contribution in [2.45, 2.75) is 51.6 Å². The van der Waals surface area contributed by atoms with Crippen molar-refractivity contribution >= 4 is 0 Å². The smallest absolute Gasteiger partial charge is 0.0554 e. The van der Waals surface area contributed by atoms with E-state index >= 15 is 0 Å². The molecule has 2 bridgehead atoms. The minimum Gasteiger partial charge on any atom is -0.322 e. The van der Waals surface area contributed by atoms with Gasteiger partial charge in [-0.1, -0.05) is 13.3 Å². The Morgan fingerprint density at radius 1 is 1.47 bits per heavy atom. The van der Waals surface area contributed by atoms with Crippen LogP contribution in [0.15, 0.2) is 12.3 Å². The summed E-state index contributed by atoms with van der Waals surface area (Å²) < 4.78 is 2.11. The van der Waals surface area contributed by atoms with Gasteiger partial charge in [0.2, 0.25) is 0 Å². The zero-order chi connectivity index (χ0) is 11.8. The summed E-state index contributed by atoms with van der Waals surface area (Å²) in [4.78, 5) is 0. The van der Waals surface area contributed by atoms with Crippen LogP contribution >= 0.6 is 0 Å². The van der Waals surface area contributed by atoms with Crippen molar-refractivity contribution < 1.29 is 0 Å². The quantitative estimate of drug-likeness (QED) is 0.869. The van der Waals surface area contributed by atoms with Gasteiger partial charge in [-0.3, -0.25) is 4.68 Å². The monoisotopic (exact) mass is 233 g/mol. The third kappa shape index (κ3) is 1.90. The minimum atomic E-state index is 0.208. The van der Waals surface area contributed by atoms with Crippen LogP contribution < -0.4 is 5.73 Å². The Labute approximate surface area is 103 Å². The zero-order valence-corrected chi connectivity index (χ0v) is 10.7. The summed E-state index contributed by atoms with van der Waals surface area (Å²) in [5.74, 6) is 2.57. The van der Waals surface area contributed by atoms with Crippen LogP contribution in [0.25, 0.3) is 0 Å². The molecule has 2 N–H and O–H groups in total. The first-order chi connectivity index (χ1) is 8.29. The lowest BCUT2D eigenvalue weighted by atomic mass is 9.82. The van der Waals surface area contributed by atoms with Gasteiger partial charge in [0.05, 0.1) is 5.69 Å². The van der Waals surface area contributed by atoms with Gasteiger partial charge in [0.1, 0.15) is 0 Å². The van der Waals surface area contributed by atoms with Gasteiger partial charge < -0.3 is 5.73 Å². The fourth-order valence-electron chi connectivity index (χ4n) is 3.98. The lowest BCUT2D eigenvalue weighted by Crippen LogP contribution is -2.28. The maximum absolute atomic E-state index is 6.50. The number of hydrogen-bond acceptors (Lipinski definition) is 2. The number of aromatic nitrogens is 2. The average molecular weight is 233 g/mol. The van der Waals surface area contributed by atoms with Crippen molar-refractivity contribution in [1.82, 2.24) is 9.78 Å². The highest BCUT2D eigenvalue weighted by molar-refractivity contribution is 5.10. The number of nitrogens with two attached hydrogens (primary N) is 1. The van der Waals surface area contributed by atoms with Crippen LogP contribution in [0.1, 0.15) is 50.8 Å². The number of rotatable bonds is 4. The highest BCUT2D eigenvalue weighted by Crippen LogP contribution is 2.51. The van der Waals surface area contributed by atoms with E-state index in [0.717, 1.165) is 24.8 Å². The van der Waals surface area contributed by atoms with E-state index in [1.54, 1.807) is 0 Å². The molecule has 2 aliphatic rings. The normalized spacial score (nSPS) is 33.2. The molecule has 0 aromatic carbocycles. The van der Waals surface area contributed by atoms with Gasteiger partial charge in [-0.15, -0.1) is 0 Å². The highest BCUT2D eigenvalue weighted by Gasteiger charge is 2.42. The lowest BCUT2D eigenvalue weighted by molar-refractivity contribution is 0.275. The maximum Gasteiger partial charge on any atom is 0.0554 e. The molecule has 1 aromatic heterocycles. The van der Waals surface area contributed by atoms with Crippen molar-refractivity contribution in [2.75, 3.05) is 0 Å². The molecule has 2 fully saturated rings. The molecule has 0 spiro atoms. The van der Waals surface area contributed by atoms with Crippen LogP contribution in [-0.4, -0.2) is 9.78 Å². The molecule has 1 heterocycles. The van der Waals surface area contributed by atoms with E-state index in [4.69, 9.17) is 5.73 Å². The molecule has 1 aromatic rings. The van der Waals surface area contributed by atoms with E-state index in [1.807, 2.05) is 6.20 Å². The molecule has 94 valence electrons. The van der Waals surface area contributed by atoms with Crippen molar-refractivity contribution in [3.05, 3.63) is 18.0 Å². The summed E-state index contributed by atoms with van der Waals surface area (Å²) in [5.41, 5.74) is 7.76. The summed E-state index contributed by atoms with van der Waals surface area (Å²) >= 11 is 0. The summed E-state index contributed by atoms with van der Waals surface area (Å²) in [6.07, 6.45) is 8.66. The molecular formula is C14H23N3. The number of fused-ring (bicyclic) bond motifs is 2. The number of hydrogen-bond donors (Lipinski definition) is 1. The standard InChI is InChI=1S/C14H23N3/c1-2-7-17-13(5-6-16-17)14(15)12-9-10-3-4-11(12)8-10/h5-6,10-12,14H,2-4,7-9,15H2,1H3. The van der Waals surface area contributed by atoms with Gasteiger partial charge in [-0.25, -0.2) is 0 Å². The van der Waals surface area contributed by atoms with Crippen LogP contribution in [0, 0.1) is 17.8 Å². The van der Waals surface area contributed by atoms with E-state index < -0.39 is 0 Å². The first kappa shape index (κ1) is 11.3. The zero-order valence-electron chi connectivity index (χ0n) is 10.7. The predicted octanol–water partition coefficient (Wildman–Crippen LogP) is 2.73. The van der Waals surface area contributed by atoms with Gasteiger partial charge in [0.25, 0.3) is 0 Å². The molecule has 2 aliphatic carbocycles. The van der Waals surface area contributed by atoms with Crippen LogP contribution in [0.5, 0.6) is 0 Å². The molecule has 0 radical (unpaired) electrons. The third-order valence-electron chi connectivity index (χ3n) is 4.78. The van der Waals surface area contributed by atoms with Gasteiger partial charge >= 0.3 is 0 Å². The molecule has 3 heteroatoms. The highest BCUT2D eigenvalue weighted by atomic mass is 15.3.